The maximum absolute atomic E-state index is 6.07. The third-order valence-electron chi connectivity index (χ3n) is 3.10. The Labute approximate surface area is 123 Å². The Morgan fingerprint density at radius 2 is 2.00 bits per heavy atom. The van der Waals surface area contributed by atoms with Gasteiger partial charge in [-0.05, 0) is 30.8 Å². The number of nitrogens with zero attached hydrogens (tertiary/aromatic N) is 1. The van der Waals surface area contributed by atoms with Crippen molar-refractivity contribution in [3.8, 4) is 11.6 Å². The third-order valence-corrected chi connectivity index (χ3v) is 3.41. The van der Waals surface area contributed by atoms with Gasteiger partial charge in [-0.15, -0.1) is 0 Å². The molecular formula is C15H17ClN2O2. The Hall–Kier alpha value is -1.78. The first kappa shape index (κ1) is 14.6. The van der Waals surface area contributed by atoms with E-state index in [0.29, 0.717) is 16.7 Å². The highest BCUT2D eigenvalue weighted by molar-refractivity contribution is 6.32. The number of pyridine rings is 1. The number of benzene rings is 1. The summed E-state index contributed by atoms with van der Waals surface area (Å²) >= 11 is 6.07. The first-order valence-electron chi connectivity index (χ1n) is 6.20. The third kappa shape index (κ3) is 2.86. The molecule has 0 spiro atoms. The van der Waals surface area contributed by atoms with Crippen LogP contribution in [-0.2, 0) is 0 Å². The summed E-state index contributed by atoms with van der Waals surface area (Å²) in [7, 11) is 5.10. The first-order valence-corrected chi connectivity index (χ1v) is 6.58. The molecule has 0 saturated carbocycles. The summed E-state index contributed by atoms with van der Waals surface area (Å²) in [4.78, 5) is 4.23. The van der Waals surface area contributed by atoms with Gasteiger partial charge in [0.15, 0.2) is 0 Å². The fourth-order valence-electron chi connectivity index (χ4n) is 2.15. The summed E-state index contributed by atoms with van der Waals surface area (Å²) in [5, 5.41) is 3.85. The highest BCUT2D eigenvalue weighted by atomic mass is 35.5. The number of halogens is 1. The smallest absolute Gasteiger partial charge is 0.218 e. The van der Waals surface area contributed by atoms with Gasteiger partial charge in [0.1, 0.15) is 5.75 Å². The van der Waals surface area contributed by atoms with Crippen molar-refractivity contribution >= 4 is 11.6 Å². The number of rotatable bonds is 5. The van der Waals surface area contributed by atoms with Crippen LogP contribution in [0.15, 0.2) is 36.5 Å². The molecule has 106 valence electrons. The monoisotopic (exact) mass is 292 g/mol. The zero-order chi connectivity index (χ0) is 14.5. The molecule has 1 atom stereocenters. The fourth-order valence-corrected chi connectivity index (χ4v) is 2.35. The van der Waals surface area contributed by atoms with Crippen LogP contribution in [0.4, 0.5) is 0 Å². The number of hydrogen-bond donors (Lipinski definition) is 1. The van der Waals surface area contributed by atoms with Crippen LogP contribution < -0.4 is 14.8 Å². The molecule has 2 aromatic rings. The Bertz CT molecular complexity index is 590. The van der Waals surface area contributed by atoms with Crippen LogP contribution in [0.25, 0.3) is 0 Å². The molecule has 2 rings (SSSR count). The zero-order valence-electron chi connectivity index (χ0n) is 11.7. The van der Waals surface area contributed by atoms with Gasteiger partial charge >= 0.3 is 0 Å². The van der Waals surface area contributed by atoms with Gasteiger partial charge in [-0.2, -0.15) is 0 Å². The van der Waals surface area contributed by atoms with Gasteiger partial charge in [-0.1, -0.05) is 23.7 Å². The lowest BCUT2D eigenvalue weighted by molar-refractivity contribution is 0.388. The van der Waals surface area contributed by atoms with Crippen LogP contribution in [0.3, 0.4) is 0 Å². The van der Waals surface area contributed by atoms with Crippen LogP contribution in [-0.4, -0.2) is 26.3 Å². The molecule has 0 radical (unpaired) electrons. The lowest BCUT2D eigenvalue weighted by Crippen LogP contribution is -2.18. The molecular weight excluding hydrogens is 276 g/mol. The average molecular weight is 293 g/mol. The highest BCUT2D eigenvalue weighted by Gasteiger charge is 2.18. The van der Waals surface area contributed by atoms with Crippen molar-refractivity contribution in [3.05, 3.63) is 52.7 Å². The minimum absolute atomic E-state index is 0.0511. The Morgan fingerprint density at radius 3 is 2.65 bits per heavy atom. The van der Waals surface area contributed by atoms with Gasteiger partial charge < -0.3 is 14.8 Å². The standard InChI is InChI=1S/C15H17ClN2O2/c1-17-14(11-5-4-8-18-15(11)20-3)10-6-7-12(16)13(9-10)19-2/h4-9,14,17H,1-3H3. The lowest BCUT2D eigenvalue weighted by Gasteiger charge is -2.19. The summed E-state index contributed by atoms with van der Waals surface area (Å²) < 4.78 is 10.6. The zero-order valence-corrected chi connectivity index (χ0v) is 12.4. The van der Waals surface area contributed by atoms with Gasteiger partial charge in [-0.25, -0.2) is 4.98 Å². The van der Waals surface area contributed by atoms with Crippen LogP contribution in [0, 0.1) is 0 Å². The molecule has 1 unspecified atom stereocenters. The minimum Gasteiger partial charge on any atom is -0.495 e. The highest BCUT2D eigenvalue weighted by Crippen LogP contribution is 2.32. The van der Waals surface area contributed by atoms with Crippen molar-refractivity contribution in [2.24, 2.45) is 0 Å². The van der Waals surface area contributed by atoms with Crippen molar-refractivity contribution < 1.29 is 9.47 Å². The Balaban J connectivity index is 2.47. The van der Waals surface area contributed by atoms with Crippen molar-refractivity contribution in [2.75, 3.05) is 21.3 Å². The quantitative estimate of drug-likeness (QED) is 0.920. The number of aromatic nitrogens is 1. The molecule has 0 aliphatic carbocycles. The van der Waals surface area contributed by atoms with Gasteiger partial charge in [0, 0.05) is 11.8 Å². The summed E-state index contributed by atoms with van der Waals surface area (Å²) in [6.07, 6.45) is 1.71. The van der Waals surface area contributed by atoms with E-state index in [1.165, 1.54) is 0 Å². The van der Waals surface area contributed by atoms with E-state index in [1.807, 2.05) is 37.4 Å². The lowest BCUT2D eigenvalue weighted by atomic mass is 9.99. The van der Waals surface area contributed by atoms with Crippen LogP contribution in [0.2, 0.25) is 5.02 Å². The molecule has 0 bridgehead atoms. The molecule has 20 heavy (non-hydrogen) atoms. The van der Waals surface area contributed by atoms with Crippen LogP contribution in [0.1, 0.15) is 17.2 Å². The van der Waals surface area contributed by atoms with E-state index >= 15 is 0 Å². The van der Waals surface area contributed by atoms with Crippen LogP contribution in [0.5, 0.6) is 11.6 Å². The number of hydrogen-bond acceptors (Lipinski definition) is 4. The van der Waals surface area contributed by atoms with Gasteiger partial charge in [0.2, 0.25) is 5.88 Å². The van der Waals surface area contributed by atoms with E-state index in [1.54, 1.807) is 20.4 Å². The maximum Gasteiger partial charge on any atom is 0.218 e. The predicted molar refractivity (Wildman–Crippen MR) is 79.7 cm³/mol. The van der Waals surface area contributed by atoms with Gasteiger partial charge in [-0.3, -0.25) is 0 Å². The molecule has 5 heteroatoms. The SMILES string of the molecule is CNC(c1ccc(Cl)c(OC)c1)c1cccnc1OC. The molecule has 0 amide bonds. The number of nitrogens with one attached hydrogen (secondary N) is 1. The molecule has 1 N–H and O–H groups in total. The van der Waals surface area contributed by atoms with Crippen molar-refractivity contribution in [1.29, 1.82) is 0 Å². The molecule has 1 aromatic carbocycles. The second kappa shape index (κ2) is 6.59. The first-order chi connectivity index (χ1) is 9.71. The largest absolute Gasteiger partial charge is 0.495 e. The van der Waals surface area contributed by atoms with Crippen molar-refractivity contribution in [1.82, 2.24) is 10.3 Å². The minimum atomic E-state index is -0.0511. The molecule has 0 aliphatic rings. The van der Waals surface area contributed by atoms with E-state index in [2.05, 4.69) is 10.3 Å². The second-order valence-corrected chi connectivity index (χ2v) is 4.62. The van der Waals surface area contributed by atoms with E-state index in [9.17, 15) is 0 Å². The molecule has 0 saturated heterocycles. The van der Waals surface area contributed by atoms with E-state index in [0.717, 1.165) is 11.1 Å². The number of ether oxygens (including phenoxy) is 2. The van der Waals surface area contributed by atoms with Gasteiger partial charge in [0.05, 0.1) is 25.3 Å². The van der Waals surface area contributed by atoms with Crippen molar-refractivity contribution in [3.63, 3.8) is 0 Å². The summed E-state index contributed by atoms with van der Waals surface area (Å²) in [5.74, 6) is 1.24. The maximum atomic E-state index is 6.07. The molecule has 1 aromatic heterocycles. The predicted octanol–water partition coefficient (Wildman–Crippen LogP) is 3.06. The average Bonchev–Trinajstić information content (AvgIpc) is 2.50. The van der Waals surface area contributed by atoms with Crippen molar-refractivity contribution in [2.45, 2.75) is 6.04 Å². The fraction of sp³-hybridized carbons (Fsp3) is 0.267. The summed E-state index contributed by atoms with van der Waals surface area (Å²) in [6, 6.07) is 9.51. The van der Waals surface area contributed by atoms with Gasteiger partial charge in [0.25, 0.3) is 0 Å². The number of methoxy groups -OCH3 is 2. The Morgan fingerprint density at radius 1 is 1.20 bits per heavy atom. The van der Waals surface area contributed by atoms with E-state index in [-0.39, 0.29) is 6.04 Å². The second-order valence-electron chi connectivity index (χ2n) is 4.22. The Kier molecular flexibility index (Phi) is 4.82. The van der Waals surface area contributed by atoms with E-state index < -0.39 is 0 Å². The molecule has 1 heterocycles. The van der Waals surface area contributed by atoms with E-state index in [4.69, 9.17) is 21.1 Å². The molecule has 4 nitrogen and oxygen atoms in total. The normalized spacial score (nSPS) is 12.0. The summed E-state index contributed by atoms with van der Waals surface area (Å²) in [6.45, 7) is 0. The van der Waals surface area contributed by atoms with Crippen LogP contribution >= 0.6 is 11.6 Å². The topological polar surface area (TPSA) is 43.4 Å². The molecule has 0 aliphatic heterocycles. The molecule has 0 fully saturated rings. The summed E-state index contributed by atoms with van der Waals surface area (Å²) in [5.41, 5.74) is 1.99.